The highest BCUT2D eigenvalue weighted by Crippen LogP contribution is 2.30. The Balaban J connectivity index is 2.60. The number of allylic oxidation sites excluding steroid dienone is 4. The number of nitrogens with one attached hydrogen (secondary N) is 1. The van der Waals surface area contributed by atoms with Crippen molar-refractivity contribution < 1.29 is 38.5 Å². The smallest absolute Gasteiger partial charge is 0.251 e. The lowest BCUT2D eigenvalue weighted by atomic mass is 9.84. The molecule has 10 heteroatoms. The summed E-state index contributed by atoms with van der Waals surface area (Å²) in [6, 6.07) is 0. The number of aliphatic hydroxyl groups is 1. The molecule has 0 fully saturated rings. The molecule has 4 N–H and O–H groups in total. The molecule has 2 aliphatic rings. The first-order valence-electron chi connectivity index (χ1n) is 13.3. The molecule has 0 aromatic heterocycles. The SMILES string of the molecule is COC1=C2C[C@@H](C)C[C@H](OC)[C@H](O)[C@@H](C)/C=C(\C)[C@H](CC(N)=O)[C@@H](OC)/C=C/C=C(/C)C(=O)NC(=CC1=O)C2=O. The quantitative estimate of drug-likeness (QED) is 0.343. The molecular weight excluding hydrogens is 516 g/mol. The summed E-state index contributed by atoms with van der Waals surface area (Å²) >= 11 is 0. The molecule has 2 rings (SSSR count). The lowest BCUT2D eigenvalue weighted by Gasteiger charge is -2.30. The van der Waals surface area contributed by atoms with Crippen LogP contribution < -0.4 is 11.1 Å². The number of amides is 2. The van der Waals surface area contributed by atoms with Gasteiger partial charge in [-0.3, -0.25) is 19.2 Å². The maximum Gasteiger partial charge on any atom is 0.251 e. The lowest BCUT2D eigenvalue weighted by Crippen LogP contribution is -2.36. The summed E-state index contributed by atoms with van der Waals surface area (Å²) in [4.78, 5) is 50.9. The summed E-state index contributed by atoms with van der Waals surface area (Å²) in [5.41, 5.74) is 6.64. The molecular formula is C30H42N2O8. The number of carbonyl (C=O) groups is 4. The van der Waals surface area contributed by atoms with Gasteiger partial charge >= 0.3 is 0 Å². The fourth-order valence-corrected chi connectivity index (χ4v) is 5.09. The van der Waals surface area contributed by atoms with Gasteiger partial charge in [-0.25, -0.2) is 0 Å². The third-order valence-corrected chi connectivity index (χ3v) is 7.36. The summed E-state index contributed by atoms with van der Waals surface area (Å²) in [5.74, 6) is -3.12. The van der Waals surface area contributed by atoms with Crippen LogP contribution in [0.15, 0.2) is 58.6 Å². The van der Waals surface area contributed by atoms with Crippen LogP contribution in [0, 0.1) is 17.8 Å². The number of hydrogen-bond donors (Lipinski definition) is 3. The number of carbonyl (C=O) groups excluding carboxylic acids is 4. The van der Waals surface area contributed by atoms with E-state index in [1.807, 2.05) is 26.8 Å². The second kappa shape index (κ2) is 14.9. The fourth-order valence-electron chi connectivity index (χ4n) is 5.09. The van der Waals surface area contributed by atoms with Crippen LogP contribution in [0.2, 0.25) is 0 Å². The third-order valence-electron chi connectivity index (χ3n) is 7.36. The van der Waals surface area contributed by atoms with E-state index in [-0.39, 0.29) is 47.3 Å². The van der Waals surface area contributed by atoms with Crippen molar-refractivity contribution in [2.24, 2.45) is 23.5 Å². The van der Waals surface area contributed by atoms with Crippen molar-refractivity contribution in [1.29, 1.82) is 0 Å². The van der Waals surface area contributed by atoms with Crippen molar-refractivity contribution in [3.05, 3.63) is 58.6 Å². The number of primary amides is 1. The van der Waals surface area contributed by atoms with Crippen molar-refractivity contribution in [3.8, 4) is 0 Å². The molecule has 10 nitrogen and oxygen atoms in total. The second-order valence-electron chi connectivity index (χ2n) is 10.5. The van der Waals surface area contributed by atoms with Crippen LogP contribution in [0.4, 0.5) is 0 Å². The zero-order valence-corrected chi connectivity index (χ0v) is 24.4. The largest absolute Gasteiger partial charge is 0.492 e. The number of ether oxygens (including phenoxy) is 3. The van der Waals surface area contributed by atoms with E-state index in [1.165, 1.54) is 21.3 Å². The number of nitrogens with two attached hydrogens (primary N) is 1. The summed E-state index contributed by atoms with van der Waals surface area (Å²) in [6.45, 7) is 7.15. The van der Waals surface area contributed by atoms with Crippen molar-refractivity contribution >= 4 is 23.4 Å². The molecule has 0 spiro atoms. The van der Waals surface area contributed by atoms with E-state index >= 15 is 0 Å². The number of fused-ring (bicyclic) bond motifs is 2. The monoisotopic (exact) mass is 558 g/mol. The fraction of sp³-hybridized carbons (Fsp3) is 0.533. The molecule has 0 unspecified atom stereocenters. The van der Waals surface area contributed by atoms with Gasteiger partial charge in [-0.05, 0) is 32.6 Å². The van der Waals surface area contributed by atoms with E-state index in [1.54, 1.807) is 25.2 Å². The Morgan fingerprint density at radius 1 is 1.12 bits per heavy atom. The predicted octanol–water partition coefficient (Wildman–Crippen LogP) is 2.44. The van der Waals surface area contributed by atoms with Crippen LogP contribution in [0.3, 0.4) is 0 Å². The van der Waals surface area contributed by atoms with E-state index < -0.39 is 47.6 Å². The Morgan fingerprint density at radius 2 is 1.80 bits per heavy atom. The van der Waals surface area contributed by atoms with Crippen LogP contribution in [-0.4, -0.2) is 68.1 Å². The molecule has 6 atom stereocenters. The minimum Gasteiger partial charge on any atom is -0.492 e. The number of methoxy groups -OCH3 is 3. The van der Waals surface area contributed by atoms with Crippen LogP contribution in [0.25, 0.3) is 0 Å². The normalized spacial score (nSPS) is 32.8. The van der Waals surface area contributed by atoms with Crippen LogP contribution in [0.1, 0.15) is 47.0 Å². The molecule has 1 aliphatic carbocycles. The van der Waals surface area contributed by atoms with Gasteiger partial charge in [0.05, 0.1) is 31.1 Å². The van der Waals surface area contributed by atoms with Gasteiger partial charge in [0.1, 0.15) is 0 Å². The Bertz CT molecular complexity index is 1150. The molecule has 2 amide bonds. The number of ketones is 2. The highest BCUT2D eigenvalue weighted by Gasteiger charge is 2.33. The van der Waals surface area contributed by atoms with E-state index in [9.17, 15) is 24.3 Å². The zero-order chi connectivity index (χ0) is 30.1. The van der Waals surface area contributed by atoms with Gasteiger partial charge in [0.25, 0.3) is 5.91 Å². The Morgan fingerprint density at radius 3 is 2.38 bits per heavy atom. The van der Waals surface area contributed by atoms with Crippen molar-refractivity contribution in [1.82, 2.24) is 5.32 Å². The minimum atomic E-state index is -0.907. The summed E-state index contributed by atoms with van der Waals surface area (Å²) in [7, 11) is 4.33. The van der Waals surface area contributed by atoms with Gasteiger partial charge in [-0.1, -0.05) is 43.7 Å². The molecule has 40 heavy (non-hydrogen) atoms. The standard InChI is InChI=1S/C30H42N2O8/c1-16-11-21-28(36)22(15-23(33)29(21)40-7)32-30(37)17(2)9-8-10-24(38-5)20(14-26(31)34)18(3)13-19(4)27(35)25(12-16)39-6/h8-10,13,15-16,19-20,24-25,27,35H,11-12,14H2,1-7H3,(H2,31,34)(H,32,37)/b10-8+,17-9-,18-13+/t16-,19+,20+,24+,25+,27-/m1/s1. The Kier molecular flexibility index (Phi) is 12.2. The van der Waals surface area contributed by atoms with E-state index in [2.05, 4.69) is 5.32 Å². The molecule has 220 valence electrons. The molecule has 0 aromatic rings. The average molecular weight is 559 g/mol. The molecule has 0 saturated heterocycles. The highest BCUT2D eigenvalue weighted by molar-refractivity contribution is 6.23. The minimum absolute atomic E-state index is 0.0170. The van der Waals surface area contributed by atoms with E-state index in [0.717, 1.165) is 11.6 Å². The van der Waals surface area contributed by atoms with Crippen molar-refractivity contribution in [3.63, 3.8) is 0 Å². The Hall–Kier alpha value is -3.34. The first kappa shape index (κ1) is 32.9. The number of aliphatic hydroxyl groups excluding tert-OH is 1. The predicted molar refractivity (Wildman–Crippen MR) is 149 cm³/mol. The van der Waals surface area contributed by atoms with E-state index in [0.29, 0.717) is 6.42 Å². The van der Waals surface area contributed by atoms with Crippen LogP contribution in [0.5, 0.6) is 0 Å². The van der Waals surface area contributed by atoms with Crippen LogP contribution >= 0.6 is 0 Å². The van der Waals surface area contributed by atoms with Gasteiger partial charge in [0.15, 0.2) is 5.76 Å². The molecule has 2 bridgehead atoms. The van der Waals surface area contributed by atoms with Gasteiger partial charge in [0, 0.05) is 49.7 Å². The molecule has 0 radical (unpaired) electrons. The van der Waals surface area contributed by atoms with Crippen molar-refractivity contribution in [2.45, 2.75) is 65.3 Å². The summed E-state index contributed by atoms with van der Waals surface area (Å²) < 4.78 is 16.6. The van der Waals surface area contributed by atoms with Gasteiger partial charge in [-0.2, -0.15) is 0 Å². The van der Waals surface area contributed by atoms with Gasteiger partial charge in [-0.15, -0.1) is 0 Å². The highest BCUT2D eigenvalue weighted by atomic mass is 16.5. The topological polar surface area (TPSA) is 154 Å². The molecule has 1 aliphatic heterocycles. The lowest BCUT2D eigenvalue weighted by molar-refractivity contribution is -0.121. The number of Topliss-reactive ketones (excluding diaryl/α,β-unsaturated/α-hetero) is 1. The van der Waals surface area contributed by atoms with Gasteiger partial charge < -0.3 is 30.4 Å². The molecule has 0 saturated carbocycles. The maximum absolute atomic E-state index is 13.3. The average Bonchev–Trinajstić information content (AvgIpc) is 2.90. The first-order chi connectivity index (χ1) is 18.8. The van der Waals surface area contributed by atoms with Gasteiger partial charge in [0.2, 0.25) is 17.5 Å². The Labute approximate surface area is 236 Å². The first-order valence-corrected chi connectivity index (χ1v) is 13.3. The third kappa shape index (κ3) is 8.33. The van der Waals surface area contributed by atoms with E-state index in [4.69, 9.17) is 19.9 Å². The van der Waals surface area contributed by atoms with Crippen molar-refractivity contribution in [2.75, 3.05) is 21.3 Å². The molecule has 0 aromatic carbocycles. The zero-order valence-electron chi connectivity index (χ0n) is 24.4. The second-order valence-corrected chi connectivity index (χ2v) is 10.5. The van der Waals surface area contributed by atoms with Crippen LogP contribution in [-0.2, 0) is 33.4 Å². The summed E-state index contributed by atoms with van der Waals surface area (Å²) in [5, 5.41) is 13.7. The maximum atomic E-state index is 13.3. The molecule has 1 heterocycles. The summed E-state index contributed by atoms with van der Waals surface area (Å²) in [6.07, 6.45) is 6.32. The number of hydrogen-bond acceptors (Lipinski definition) is 8. The number of rotatable bonds is 5.